The molecule has 0 heterocycles. The minimum atomic E-state index is -0.707. The summed E-state index contributed by atoms with van der Waals surface area (Å²) in [5.74, 6) is 0.109. The zero-order valence-corrected chi connectivity index (χ0v) is 21.4. The molecule has 3 aromatic rings. The molecule has 1 saturated carbocycles. The molecular weight excluding hydrogens is 467 g/mol. The molecule has 1 fully saturated rings. The van der Waals surface area contributed by atoms with Gasteiger partial charge in [-0.2, -0.15) is 0 Å². The third-order valence-electron chi connectivity index (χ3n) is 8.59. The minimum absolute atomic E-state index is 0.00935. The van der Waals surface area contributed by atoms with Gasteiger partial charge in [0.2, 0.25) is 0 Å². The molecule has 3 aliphatic rings. The maximum absolute atomic E-state index is 15.0. The highest BCUT2D eigenvalue weighted by molar-refractivity contribution is 5.85. The van der Waals surface area contributed by atoms with E-state index in [2.05, 4.69) is 32.1 Å². The summed E-state index contributed by atoms with van der Waals surface area (Å²) < 4.78 is 26.6. The Morgan fingerprint density at radius 2 is 1.84 bits per heavy atom. The monoisotopic (exact) mass is 498 g/mol. The molecule has 0 aliphatic heterocycles. The first kappa shape index (κ1) is 23.8. The van der Waals surface area contributed by atoms with Crippen molar-refractivity contribution in [1.29, 1.82) is 0 Å². The van der Waals surface area contributed by atoms with Crippen LogP contribution in [0, 0.1) is 17.2 Å². The molecule has 4 nitrogen and oxygen atoms in total. The summed E-state index contributed by atoms with van der Waals surface area (Å²) in [6.45, 7) is 4.84. The van der Waals surface area contributed by atoms with Crippen molar-refractivity contribution in [2.75, 3.05) is 7.11 Å². The van der Waals surface area contributed by atoms with E-state index < -0.39 is 5.97 Å². The standard InChI is InChI=1S/C32H31FO4/c1-31(2)12-4-5-26(31)24-13-19(6-10-23(24)25-14-21(36-3)9-11-29(25)33)18-37-22-8-7-20-16-32(27(20)15-22)17-28(32)30(34)35/h5-11,13-15,28H,4,12,16-18H2,1-3H3,(H,34,35)/t28-,32+/m0/s1. The van der Waals surface area contributed by atoms with Crippen LogP contribution in [0.2, 0.25) is 0 Å². The van der Waals surface area contributed by atoms with Gasteiger partial charge >= 0.3 is 5.97 Å². The van der Waals surface area contributed by atoms with Gasteiger partial charge in [0.05, 0.1) is 13.0 Å². The second kappa shape index (κ2) is 8.47. The summed E-state index contributed by atoms with van der Waals surface area (Å²) in [5, 5.41) is 9.44. The van der Waals surface area contributed by atoms with Crippen LogP contribution in [0.3, 0.4) is 0 Å². The van der Waals surface area contributed by atoms with Crippen LogP contribution in [0.25, 0.3) is 16.7 Å². The summed E-state index contributed by atoms with van der Waals surface area (Å²) in [4.78, 5) is 11.5. The number of carbonyl (C=O) groups is 1. The molecule has 0 bridgehead atoms. The van der Waals surface area contributed by atoms with Crippen LogP contribution in [0.15, 0.2) is 60.7 Å². The van der Waals surface area contributed by atoms with Crippen molar-refractivity contribution in [3.63, 3.8) is 0 Å². The Kier molecular flexibility index (Phi) is 5.45. The van der Waals surface area contributed by atoms with Crippen LogP contribution >= 0.6 is 0 Å². The van der Waals surface area contributed by atoms with Crippen molar-refractivity contribution in [3.8, 4) is 22.6 Å². The van der Waals surface area contributed by atoms with E-state index in [9.17, 15) is 9.90 Å². The zero-order chi connectivity index (χ0) is 25.9. The third kappa shape index (κ3) is 3.92. The molecule has 0 aromatic heterocycles. The first-order valence-corrected chi connectivity index (χ1v) is 12.9. The number of carboxylic acids is 1. The molecule has 1 N–H and O–H groups in total. The van der Waals surface area contributed by atoms with Gasteiger partial charge in [0.1, 0.15) is 23.9 Å². The maximum atomic E-state index is 15.0. The quantitative estimate of drug-likeness (QED) is 0.375. The van der Waals surface area contributed by atoms with Crippen molar-refractivity contribution >= 4 is 11.5 Å². The van der Waals surface area contributed by atoms with Crippen LogP contribution in [-0.4, -0.2) is 18.2 Å². The highest BCUT2D eigenvalue weighted by Gasteiger charge is 2.64. The lowest BCUT2D eigenvalue weighted by atomic mass is 9.73. The summed E-state index contributed by atoms with van der Waals surface area (Å²) in [6.07, 6.45) is 5.88. The van der Waals surface area contributed by atoms with Crippen molar-refractivity contribution in [2.24, 2.45) is 11.3 Å². The Morgan fingerprint density at radius 1 is 1.03 bits per heavy atom. The normalized spacial score (nSPS) is 22.7. The van der Waals surface area contributed by atoms with Gasteiger partial charge in [-0.3, -0.25) is 4.79 Å². The van der Waals surface area contributed by atoms with Gasteiger partial charge in [-0.1, -0.05) is 38.1 Å². The fraction of sp³-hybridized carbons (Fsp3) is 0.344. The fourth-order valence-electron chi connectivity index (χ4n) is 6.32. The molecule has 2 atom stereocenters. The van der Waals surface area contributed by atoms with E-state index in [-0.39, 0.29) is 22.6 Å². The number of rotatable bonds is 7. The molecule has 6 rings (SSSR count). The number of halogens is 1. The Morgan fingerprint density at radius 3 is 2.54 bits per heavy atom. The van der Waals surface area contributed by atoms with Crippen molar-refractivity contribution in [1.82, 2.24) is 0 Å². The van der Waals surface area contributed by atoms with Gasteiger partial charge < -0.3 is 14.6 Å². The molecule has 3 aliphatic carbocycles. The van der Waals surface area contributed by atoms with E-state index in [1.165, 1.54) is 17.2 Å². The number of allylic oxidation sites excluding steroid dienone is 2. The molecule has 190 valence electrons. The van der Waals surface area contributed by atoms with Crippen LogP contribution in [0.4, 0.5) is 4.39 Å². The summed E-state index contributed by atoms with van der Waals surface area (Å²) >= 11 is 0. The number of ether oxygens (including phenoxy) is 2. The Bertz CT molecular complexity index is 1450. The molecular formula is C32H31FO4. The molecule has 0 amide bonds. The van der Waals surface area contributed by atoms with Crippen LogP contribution in [-0.2, 0) is 23.2 Å². The number of hydrogen-bond acceptors (Lipinski definition) is 3. The topological polar surface area (TPSA) is 55.8 Å². The maximum Gasteiger partial charge on any atom is 0.307 e. The van der Waals surface area contributed by atoms with Crippen molar-refractivity contribution in [3.05, 3.63) is 88.7 Å². The van der Waals surface area contributed by atoms with Gasteiger partial charge in [-0.05, 0) is 101 Å². The summed E-state index contributed by atoms with van der Waals surface area (Å²) in [6, 6.07) is 17.0. The van der Waals surface area contributed by atoms with E-state index in [1.54, 1.807) is 19.2 Å². The van der Waals surface area contributed by atoms with E-state index in [0.29, 0.717) is 17.9 Å². The smallest absolute Gasteiger partial charge is 0.307 e. The number of fused-ring (bicyclic) bond motifs is 2. The number of carboxylic acid groups (broad SMARTS) is 1. The van der Waals surface area contributed by atoms with Crippen LogP contribution in [0.1, 0.15) is 55.4 Å². The molecule has 0 saturated heterocycles. The first-order chi connectivity index (χ1) is 17.7. The number of aliphatic carboxylic acids is 1. The van der Waals surface area contributed by atoms with E-state index in [4.69, 9.17) is 9.47 Å². The molecule has 37 heavy (non-hydrogen) atoms. The fourth-order valence-corrected chi connectivity index (χ4v) is 6.32. The van der Waals surface area contributed by atoms with Crippen molar-refractivity contribution < 1.29 is 23.8 Å². The predicted molar refractivity (Wildman–Crippen MR) is 141 cm³/mol. The molecule has 3 aromatic carbocycles. The zero-order valence-electron chi connectivity index (χ0n) is 21.4. The van der Waals surface area contributed by atoms with Gasteiger partial charge in [0, 0.05) is 11.0 Å². The van der Waals surface area contributed by atoms with Crippen LogP contribution in [0.5, 0.6) is 11.5 Å². The predicted octanol–water partition coefficient (Wildman–Crippen LogP) is 7.18. The average molecular weight is 499 g/mol. The van der Waals surface area contributed by atoms with Crippen molar-refractivity contribution in [2.45, 2.75) is 51.6 Å². The van der Waals surface area contributed by atoms with Gasteiger partial charge in [0.25, 0.3) is 0 Å². The van der Waals surface area contributed by atoms with E-state index in [1.807, 2.05) is 24.3 Å². The Balaban J connectivity index is 1.31. The minimum Gasteiger partial charge on any atom is -0.497 e. The van der Waals surface area contributed by atoms with Gasteiger partial charge in [-0.25, -0.2) is 4.39 Å². The highest BCUT2D eigenvalue weighted by Crippen LogP contribution is 2.63. The molecule has 1 spiro atoms. The number of hydrogen-bond donors (Lipinski definition) is 1. The van der Waals surface area contributed by atoms with Crippen LogP contribution < -0.4 is 9.47 Å². The van der Waals surface area contributed by atoms with Gasteiger partial charge in [-0.15, -0.1) is 0 Å². The lowest BCUT2D eigenvalue weighted by Crippen LogP contribution is -2.29. The lowest BCUT2D eigenvalue weighted by molar-refractivity contribution is -0.139. The Hall–Kier alpha value is -3.60. The lowest BCUT2D eigenvalue weighted by Gasteiger charge is -2.31. The summed E-state index contributed by atoms with van der Waals surface area (Å²) in [5.41, 5.74) is 6.77. The molecule has 5 heteroatoms. The average Bonchev–Trinajstić information content (AvgIpc) is 3.55. The summed E-state index contributed by atoms with van der Waals surface area (Å²) in [7, 11) is 1.59. The van der Waals surface area contributed by atoms with E-state index >= 15 is 4.39 Å². The van der Waals surface area contributed by atoms with Gasteiger partial charge in [0.15, 0.2) is 0 Å². The molecule has 0 unspecified atom stereocenters. The van der Waals surface area contributed by atoms with E-state index in [0.717, 1.165) is 53.7 Å². The largest absolute Gasteiger partial charge is 0.497 e. The number of benzene rings is 3. The second-order valence-corrected chi connectivity index (χ2v) is 11.3. The number of methoxy groups -OCH3 is 1. The third-order valence-corrected chi connectivity index (χ3v) is 8.59. The second-order valence-electron chi connectivity index (χ2n) is 11.3. The molecule has 0 radical (unpaired) electrons. The first-order valence-electron chi connectivity index (χ1n) is 12.9. The Labute approximate surface area is 216 Å². The SMILES string of the molecule is COc1ccc(F)c(-c2ccc(COc3ccc4c(c3)[C@@]3(C4)C[C@H]3C(=O)O)cc2C2=CCCC2(C)C)c1. The highest BCUT2D eigenvalue weighted by atomic mass is 19.1.